The number of hydrogen-bond acceptors (Lipinski definition) is 8. The Labute approximate surface area is 156 Å². The lowest BCUT2D eigenvalue weighted by Gasteiger charge is -2.29. The van der Waals surface area contributed by atoms with Gasteiger partial charge in [0.05, 0.1) is 24.2 Å². The monoisotopic (exact) mass is 389 g/mol. The van der Waals surface area contributed by atoms with Crippen LogP contribution in [-0.2, 0) is 18.3 Å². The van der Waals surface area contributed by atoms with Crippen LogP contribution in [0.2, 0.25) is 0 Å². The summed E-state index contributed by atoms with van der Waals surface area (Å²) < 4.78 is 29.2. The summed E-state index contributed by atoms with van der Waals surface area (Å²) in [4.78, 5) is 11.4. The van der Waals surface area contributed by atoms with Gasteiger partial charge in [0.1, 0.15) is 17.0 Å². The molecule has 1 saturated heterocycles. The third-order valence-electron chi connectivity index (χ3n) is 4.56. The molecule has 142 valence electrons. The summed E-state index contributed by atoms with van der Waals surface area (Å²) in [5.41, 5.74) is 1.96. The summed E-state index contributed by atoms with van der Waals surface area (Å²) in [7, 11) is -0.751. The molecule has 0 bridgehead atoms. The Morgan fingerprint density at radius 3 is 2.63 bits per heavy atom. The van der Waals surface area contributed by atoms with E-state index < -0.39 is 7.60 Å². The molecule has 1 fully saturated rings. The van der Waals surface area contributed by atoms with E-state index in [-0.39, 0.29) is 0 Å². The van der Waals surface area contributed by atoms with Gasteiger partial charge in [-0.25, -0.2) is 4.98 Å². The third kappa shape index (κ3) is 3.23. The van der Waals surface area contributed by atoms with Gasteiger partial charge in [0.2, 0.25) is 0 Å². The van der Waals surface area contributed by atoms with E-state index in [1.807, 2.05) is 6.07 Å². The first-order valence-electron chi connectivity index (χ1n) is 8.50. The van der Waals surface area contributed by atoms with Crippen LogP contribution >= 0.6 is 7.60 Å². The summed E-state index contributed by atoms with van der Waals surface area (Å²) in [6.45, 7) is 2.62. The number of hydrogen-bond donors (Lipinski definition) is 1. The lowest BCUT2D eigenvalue weighted by molar-refractivity contribution is 0.122. The number of nitrogens with one attached hydrogen (secondary N) is 1. The van der Waals surface area contributed by atoms with Crippen molar-refractivity contribution in [1.82, 2.24) is 20.2 Å². The van der Waals surface area contributed by atoms with Gasteiger partial charge in [0.15, 0.2) is 0 Å². The van der Waals surface area contributed by atoms with Crippen LogP contribution in [0.25, 0.3) is 22.3 Å². The number of rotatable bonds is 5. The highest BCUT2D eigenvalue weighted by molar-refractivity contribution is 7.62. The highest BCUT2D eigenvalue weighted by atomic mass is 31.2. The Morgan fingerprint density at radius 1 is 1.19 bits per heavy atom. The minimum Gasteiger partial charge on any atom is -0.378 e. The fourth-order valence-corrected chi connectivity index (χ4v) is 4.45. The predicted octanol–water partition coefficient (Wildman–Crippen LogP) is 1.97. The van der Waals surface area contributed by atoms with Crippen molar-refractivity contribution in [3.63, 3.8) is 0 Å². The molecule has 3 aromatic heterocycles. The molecule has 0 aromatic carbocycles. The van der Waals surface area contributed by atoms with Gasteiger partial charge in [-0.3, -0.25) is 14.6 Å². The van der Waals surface area contributed by atoms with Crippen molar-refractivity contribution in [2.24, 2.45) is 0 Å². The Bertz CT molecular complexity index is 980. The van der Waals surface area contributed by atoms with Crippen molar-refractivity contribution in [1.29, 1.82) is 0 Å². The van der Waals surface area contributed by atoms with Gasteiger partial charge < -0.3 is 18.7 Å². The minimum absolute atomic E-state index is 0.460. The molecular weight excluding hydrogens is 369 g/mol. The van der Waals surface area contributed by atoms with Gasteiger partial charge in [-0.05, 0) is 18.2 Å². The van der Waals surface area contributed by atoms with E-state index in [2.05, 4.69) is 20.1 Å². The summed E-state index contributed by atoms with van der Waals surface area (Å²) in [5.74, 6) is 0.684. The van der Waals surface area contributed by atoms with Gasteiger partial charge in [0, 0.05) is 45.1 Å². The Hall–Kier alpha value is -2.32. The average Bonchev–Trinajstić information content (AvgIpc) is 3.27. The second-order valence-corrected chi connectivity index (χ2v) is 8.19. The van der Waals surface area contributed by atoms with Crippen molar-refractivity contribution in [3.05, 3.63) is 30.6 Å². The van der Waals surface area contributed by atoms with Crippen LogP contribution in [0.5, 0.6) is 0 Å². The molecule has 0 saturated carbocycles. The molecule has 4 rings (SSSR count). The van der Waals surface area contributed by atoms with Crippen LogP contribution < -0.4 is 10.2 Å². The zero-order valence-electron chi connectivity index (χ0n) is 15.1. The molecule has 1 aliphatic rings. The summed E-state index contributed by atoms with van der Waals surface area (Å²) in [6, 6.07) is 5.36. The van der Waals surface area contributed by atoms with Crippen LogP contribution in [0.3, 0.4) is 0 Å². The van der Waals surface area contributed by atoms with Crippen molar-refractivity contribution >= 4 is 29.6 Å². The van der Waals surface area contributed by atoms with E-state index >= 15 is 0 Å². The van der Waals surface area contributed by atoms with Gasteiger partial charge in [-0.2, -0.15) is 5.10 Å². The molecule has 3 aromatic rings. The lowest BCUT2D eigenvalue weighted by Crippen LogP contribution is -2.37. The molecular formula is C17H20N5O4P. The van der Waals surface area contributed by atoms with Crippen LogP contribution in [0.15, 0.2) is 30.6 Å². The van der Waals surface area contributed by atoms with E-state index in [4.69, 9.17) is 18.8 Å². The predicted molar refractivity (Wildman–Crippen MR) is 101 cm³/mol. The fraction of sp³-hybridized carbons (Fsp3) is 0.353. The van der Waals surface area contributed by atoms with E-state index in [0.717, 1.165) is 5.69 Å². The maximum atomic E-state index is 13.2. The smallest absolute Gasteiger partial charge is 0.361 e. The van der Waals surface area contributed by atoms with E-state index in [1.54, 1.807) is 24.5 Å². The maximum Gasteiger partial charge on any atom is 0.361 e. The van der Waals surface area contributed by atoms with E-state index in [0.29, 0.717) is 54.0 Å². The molecule has 0 radical (unpaired) electrons. The number of aromatic nitrogens is 4. The molecule has 4 heterocycles. The molecule has 0 aliphatic carbocycles. The van der Waals surface area contributed by atoms with Crippen LogP contribution in [0.1, 0.15) is 0 Å². The largest absolute Gasteiger partial charge is 0.378 e. The second kappa shape index (κ2) is 7.36. The van der Waals surface area contributed by atoms with Crippen molar-refractivity contribution in [2.75, 3.05) is 45.4 Å². The number of ether oxygens (including phenoxy) is 1. The summed E-state index contributed by atoms with van der Waals surface area (Å²) in [5, 5.41) is 8.04. The molecule has 9 nitrogen and oxygen atoms in total. The normalized spacial score (nSPS) is 15.4. The number of anilines is 1. The first-order valence-corrected chi connectivity index (χ1v) is 10.0. The number of nitrogens with zero attached hydrogens (tertiary/aromatic N) is 4. The topological polar surface area (TPSA) is 102 Å². The molecule has 0 amide bonds. The van der Waals surface area contributed by atoms with E-state index in [9.17, 15) is 4.57 Å². The lowest BCUT2D eigenvalue weighted by atomic mass is 10.1. The summed E-state index contributed by atoms with van der Waals surface area (Å²) in [6.07, 6.45) is 3.30. The number of aromatic amines is 1. The van der Waals surface area contributed by atoms with Crippen LogP contribution in [-0.4, -0.2) is 60.7 Å². The number of morpholine rings is 1. The fourth-order valence-electron chi connectivity index (χ4n) is 3.16. The Morgan fingerprint density at radius 2 is 1.96 bits per heavy atom. The highest BCUT2D eigenvalue weighted by Gasteiger charge is 2.30. The number of H-pyrrole nitrogens is 1. The van der Waals surface area contributed by atoms with Crippen molar-refractivity contribution in [2.45, 2.75) is 0 Å². The van der Waals surface area contributed by atoms with Gasteiger partial charge in [-0.15, -0.1) is 0 Å². The minimum atomic E-state index is -3.51. The molecule has 27 heavy (non-hydrogen) atoms. The molecule has 1 aliphatic heterocycles. The maximum absolute atomic E-state index is 13.2. The molecule has 10 heteroatoms. The zero-order chi connectivity index (χ0) is 18.9. The first-order chi connectivity index (χ1) is 13.2. The average molecular weight is 389 g/mol. The SMILES string of the molecule is COP(=O)(OC)c1cc(N2CCOCC2)nc2c(-c3ccn[nH]3)nccc12. The number of fused-ring (bicyclic) bond motifs is 1. The third-order valence-corrected chi connectivity index (χ3v) is 6.48. The van der Waals surface area contributed by atoms with Crippen LogP contribution in [0, 0.1) is 0 Å². The van der Waals surface area contributed by atoms with E-state index in [1.165, 1.54) is 14.2 Å². The Kier molecular flexibility index (Phi) is 4.92. The molecule has 0 unspecified atom stereocenters. The number of pyridine rings is 2. The van der Waals surface area contributed by atoms with Gasteiger partial charge in [-0.1, -0.05) is 0 Å². The van der Waals surface area contributed by atoms with Crippen molar-refractivity contribution < 1.29 is 18.3 Å². The standard InChI is InChI=1S/C17H20N5O4P/c1-24-27(23,25-2)14-11-15(22-7-9-26-10-8-22)20-16-12(14)3-5-18-17(16)13-4-6-19-21-13/h3-6,11H,7-10H2,1-2H3,(H,19,21). The first kappa shape index (κ1) is 18.1. The molecule has 1 N–H and O–H groups in total. The van der Waals surface area contributed by atoms with Gasteiger partial charge >= 0.3 is 7.60 Å². The Balaban J connectivity index is 2.00. The quantitative estimate of drug-likeness (QED) is 0.661. The molecule has 0 spiro atoms. The summed E-state index contributed by atoms with van der Waals surface area (Å²) >= 11 is 0. The van der Waals surface area contributed by atoms with Crippen molar-refractivity contribution in [3.8, 4) is 11.4 Å². The highest BCUT2D eigenvalue weighted by Crippen LogP contribution is 2.47. The zero-order valence-corrected chi connectivity index (χ0v) is 16.0. The molecule has 0 atom stereocenters. The van der Waals surface area contributed by atoms with Gasteiger partial charge in [0.25, 0.3) is 0 Å². The van der Waals surface area contributed by atoms with Crippen LogP contribution in [0.4, 0.5) is 5.82 Å². The second-order valence-electron chi connectivity index (χ2n) is 5.99.